The zero-order chi connectivity index (χ0) is 29.2. The Kier molecular flexibility index (Phi) is 24.5. The number of ether oxygens (including phenoxy) is 3. The van der Waals surface area contributed by atoms with Gasteiger partial charge in [-0.25, -0.2) is 0 Å². The molecule has 1 N–H and O–H groups in total. The van der Waals surface area contributed by atoms with Crippen LogP contribution in [0.3, 0.4) is 0 Å². The third-order valence-electron chi connectivity index (χ3n) is 7.91. The van der Waals surface area contributed by atoms with Crippen LogP contribution in [0.25, 0.3) is 0 Å². The number of carbonyl (C=O) groups is 1. The van der Waals surface area contributed by atoms with Crippen molar-refractivity contribution in [1.82, 2.24) is 4.90 Å². The zero-order valence-corrected chi connectivity index (χ0v) is 27.3. The van der Waals surface area contributed by atoms with E-state index in [9.17, 15) is 4.79 Å². The van der Waals surface area contributed by atoms with Gasteiger partial charge in [0, 0.05) is 26.1 Å². The van der Waals surface area contributed by atoms with Crippen molar-refractivity contribution in [2.75, 3.05) is 46.1 Å². The lowest BCUT2D eigenvalue weighted by atomic mass is 9.99. The lowest BCUT2D eigenvalue weighted by molar-refractivity contribution is -0.137. The summed E-state index contributed by atoms with van der Waals surface area (Å²) in [5.41, 5.74) is 0. The van der Waals surface area contributed by atoms with Gasteiger partial charge in [0.15, 0.2) is 0 Å². The van der Waals surface area contributed by atoms with Crippen molar-refractivity contribution < 1.29 is 24.1 Å². The predicted octanol–water partition coefficient (Wildman–Crippen LogP) is 9.11. The second-order valence-corrected chi connectivity index (χ2v) is 11.6. The van der Waals surface area contributed by atoms with Gasteiger partial charge in [0.25, 0.3) is 0 Å². The fourth-order valence-corrected chi connectivity index (χ4v) is 5.30. The number of halogens is 1. The Morgan fingerprint density at radius 1 is 0.833 bits per heavy atom. The molecule has 1 atom stereocenters. The Morgan fingerprint density at radius 3 is 1.90 bits per heavy atom. The van der Waals surface area contributed by atoms with Crippen LogP contribution in [0.15, 0.2) is 36.4 Å². The van der Waals surface area contributed by atoms with E-state index in [1.54, 1.807) is 0 Å². The summed E-state index contributed by atoms with van der Waals surface area (Å²) in [6.45, 7) is 8.61. The van der Waals surface area contributed by atoms with E-state index >= 15 is 0 Å². The Labute approximate surface area is 263 Å². The number of rotatable bonds is 22. The van der Waals surface area contributed by atoms with Crippen LogP contribution in [0, 0.1) is 5.92 Å². The maximum absolute atomic E-state index is 10.3. The molecule has 6 nitrogen and oxygen atoms in total. The Hall–Kier alpha value is -1.76. The van der Waals surface area contributed by atoms with Crippen LogP contribution in [0.4, 0.5) is 0 Å². The minimum absolute atomic E-state index is 0. The minimum Gasteiger partial charge on any atom is -0.494 e. The molecule has 1 aliphatic heterocycles. The van der Waals surface area contributed by atoms with Crippen LogP contribution in [-0.4, -0.2) is 62.0 Å². The summed E-state index contributed by atoms with van der Waals surface area (Å²) >= 11 is 0. The van der Waals surface area contributed by atoms with Gasteiger partial charge in [0.1, 0.15) is 11.5 Å². The van der Waals surface area contributed by atoms with E-state index in [4.69, 9.17) is 19.3 Å². The maximum Gasteiger partial charge on any atom is 0.303 e. The molecule has 3 rings (SSSR count). The van der Waals surface area contributed by atoms with Crippen molar-refractivity contribution >= 4 is 18.4 Å². The van der Waals surface area contributed by atoms with Crippen LogP contribution < -0.4 is 9.47 Å². The third-order valence-corrected chi connectivity index (χ3v) is 7.91. The molecule has 2 aliphatic rings. The number of aliphatic carboxylic acids is 1. The molecule has 242 valence electrons. The summed E-state index contributed by atoms with van der Waals surface area (Å²) in [4.78, 5) is 12.8. The van der Waals surface area contributed by atoms with Gasteiger partial charge < -0.3 is 19.3 Å². The standard InChI is InChI=1S/C18H32O2.C17H27NO3.ClH/c19-18(20)16-10-8-6-4-2-1-3-5-7-9-13-17-14-11-12-15-17;1-2-3-12-20-16-5-7-17(8-6-16)21-13-4-9-18-10-14-19-15-11-18;/h11,14,17H,1-10,12-13,15-16H2,(H,19,20);5-8H,2-4,9-15H2,1H3;1H. The Bertz CT molecular complexity index is 782. The van der Waals surface area contributed by atoms with E-state index in [1.807, 2.05) is 24.3 Å². The van der Waals surface area contributed by atoms with E-state index in [1.165, 1.54) is 70.6 Å². The number of allylic oxidation sites excluding steroid dienone is 2. The minimum atomic E-state index is -0.655. The third kappa shape index (κ3) is 21.0. The van der Waals surface area contributed by atoms with Gasteiger partial charge in [-0.2, -0.15) is 0 Å². The molecule has 42 heavy (non-hydrogen) atoms. The maximum atomic E-state index is 10.3. The number of morpholine rings is 1. The first-order chi connectivity index (χ1) is 20.2. The summed E-state index contributed by atoms with van der Waals surface area (Å²) in [7, 11) is 0. The molecule has 1 aromatic rings. The summed E-state index contributed by atoms with van der Waals surface area (Å²) in [6, 6.07) is 7.92. The molecule has 0 spiro atoms. The smallest absolute Gasteiger partial charge is 0.303 e. The number of benzene rings is 1. The van der Waals surface area contributed by atoms with Crippen LogP contribution >= 0.6 is 12.4 Å². The van der Waals surface area contributed by atoms with Crippen LogP contribution in [-0.2, 0) is 9.53 Å². The van der Waals surface area contributed by atoms with Crippen molar-refractivity contribution in [2.45, 2.75) is 116 Å². The van der Waals surface area contributed by atoms with Gasteiger partial charge in [-0.05, 0) is 68.7 Å². The summed E-state index contributed by atoms with van der Waals surface area (Å²) in [5, 5.41) is 8.52. The topological polar surface area (TPSA) is 68.2 Å². The highest BCUT2D eigenvalue weighted by Gasteiger charge is 2.09. The first-order valence-electron chi connectivity index (χ1n) is 16.7. The summed E-state index contributed by atoms with van der Waals surface area (Å²) in [6.07, 6.45) is 25.2. The number of unbranched alkanes of at least 4 members (excludes halogenated alkanes) is 10. The number of nitrogens with zero attached hydrogens (tertiary/aromatic N) is 1. The van der Waals surface area contributed by atoms with Gasteiger partial charge in [-0.1, -0.05) is 83.3 Å². The van der Waals surface area contributed by atoms with Crippen molar-refractivity contribution in [3.05, 3.63) is 36.4 Å². The molecule has 7 heteroatoms. The molecule has 1 aliphatic carbocycles. The van der Waals surface area contributed by atoms with Gasteiger partial charge in [-0.15, -0.1) is 12.4 Å². The molecule has 0 aromatic heterocycles. The van der Waals surface area contributed by atoms with Gasteiger partial charge in [0.05, 0.1) is 26.4 Å². The molecule has 1 saturated heterocycles. The highest BCUT2D eigenvalue weighted by atomic mass is 35.5. The average molecular weight is 610 g/mol. The van der Waals surface area contributed by atoms with Crippen LogP contribution in [0.2, 0.25) is 0 Å². The van der Waals surface area contributed by atoms with Gasteiger partial charge in [0.2, 0.25) is 0 Å². The molecule has 0 bridgehead atoms. The van der Waals surface area contributed by atoms with Crippen molar-refractivity contribution in [3.8, 4) is 11.5 Å². The average Bonchev–Trinajstić information content (AvgIpc) is 3.51. The van der Waals surface area contributed by atoms with Crippen LogP contribution in [0.1, 0.15) is 116 Å². The lowest BCUT2D eigenvalue weighted by Crippen LogP contribution is -2.37. The van der Waals surface area contributed by atoms with Gasteiger partial charge >= 0.3 is 5.97 Å². The van der Waals surface area contributed by atoms with Crippen molar-refractivity contribution in [2.24, 2.45) is 5.92 Å². The number of carboxylic acids is 1. The van der Waals surface area contributed by atoms with Crippen molar-refractivity contribution in [3.63, 3.8) is 0 Å². The second kappa shape index (κ2) is 26.8. The molecule has 1 heterocycles. The van der Waals surface area contributed by atoms with Crippen LogP contribution in [0.5, 0.6) is 11.5 Å². The first kappa shape index (κ1) is 38.3. The second-order valence-electron chi connectivity index (χ2n) is 11.6. The van der Waals surface area contributed by atoms with Gasteiger partial charge in [-0.3, -0.25) is 9.69 Å². The highest BCUT2D eigenvalue weighted by molar-refractivity contribution is 5.85. The largest absolute Gasteiger partial charge is 0.494 e. The molecular weight excluding hydrogens is 550 g/mol. The number of hydrogen-bond acceptors (Lipinski definition) is 5. The lowest BCUT2D eigenvalue weighted by Gasteiger charge is -2.26. The Balaban J connectivity index is 0.000000411. The fraction of sp³-hybridized carbons (Fsp3) is 0.743. The monoisotopic (exact) mass is 609 g/mol. The SMILES string of the molecule is CCCCOc1ccc(OCCCN2CCOCC2)cc1.Cl.O=C(O)CCCCCCCCCCCCC1C=CCC1. The number of hydrogen-bond donors (Lipinski definition) is 1. The molecule has 1 unspecified atom stereocenters. The highest BCUT2D eigenvalue weighted by Crippen LogP contribution is 2.23. The van der Waals surface area contributed by atoms with E-state index in [-0.39, 0.29) is 12.4 Å². The molecule has 0 amide bonds. The Morgan fingerprint density at radius 2 is 1.38 bits per heavy atom. The molecular formula is C35H60ClNO5. The van der Waals surface area contributed by atoms with E-state index in [0.29, 0.717) is 6.42 Å². The van der Waals surface area contributed by atoms with E-state index in [0.717, 1.165) is 95.6 Å². The molecule has 1 fully saturated rings. The molecule has 1 aromatic carbocycles. The summed E-state index contributed by atoms with van der Waals surface area (Å²) in [5.74, 6) is 2.07. The zero-order valence-electron chi connectivity index (χ0n) is 26.4. The first-order valence-corrected chi connectivity index (χ1v) is 16.7. The quantitative estimate of drug-likeness (QED) is 0.104. The fourth-order valence-electron chi connectivity index (χ4n) is 5.30. The number of carboxylic acid groups (broad SMARTS) is 1. The van der Waals surface area contributed by atoms with E-state index < -0.39 is 5.97 Å². The molecule has 0 saturated carbocycles. The molecule has 0 radical (unpaired) electrons. The van der Waals surface area contributed by atoms with Crippen molar-refractivity contribution in [1.29, 1.82) is 0 Å². The van der Waals surface area contributed by atoms with E-state index in [2.05, 4.69) is 24.0 Å². The normalized spacial score (nSPS) is 16.4. The summed E-state index contributed by atoms with van der Waals surface area (Å²) < 4.78 is 16.7. The predicted molar refractivity (Wildman–Crippen MR) is 176 cm³/mol.